The molecule has 0 aliphatic carbocycles. The number of carbonyl (C=O) groups is 1. The second kappa shape index (κ2) is 8.31. The van der Waals surface area contributed by atoms with Gasteiger partial charge in [0, 0.05) is 18.1 Å². The third-order valence-corrected chi connectivity index (χ3v) is 6.72. The molecule has 0 radical (unpaired) electrons. The number of amides is 1. The van der Waals surface area contributed by atoms with E-state index in [0.29, 0.717) is 23.8 Å². The lowest BCUT2D eigenvalue weighted by atomic mass is 10.1. The number of hydrogen-bond donors (Lipinski definition) is 0. The standard InChI is InChI=1S/C20H23ClN2O3S/c1-16-6-5-7-18(14-16)23(15-20(24)22-12-3-2-4-13-22)27(25,26)19-10-8-17(21)9-11-19/h5-11,14H,2-4,12-13,15H2,1H3. The van der Waals surface area contributed by atoms with Gasteiger partial charge in [0.1, 0.15) is 6.54 Å². The highest BCUT2D eigenvalue weighted by atomic mass is 35.5. The summed E-state index contributed by atoms with van der Waals surface area (Å²) in [6, 6.07) is 13.2. The Bertz CT molecular complexity index is 907. The fourth-order valence-corrected chi connectivity index (χ4v) is 4.73. The summed E-state index contributed by atoms with van der Waals surface area (Å²) in [6.45, 7) is 3.04. The largest absolute Gasteiger partial charge is 0.341 e. The van der Waals surface area contributed by atoms with Gasteiger partial charge in [-0.1, -0.05) is 23.7 Å². The van der Waals surface area contributed by atoms with E-state index >= 15 is 0 Å². The van der Waals surface area contributed by atoms with Crippen molar-refractivity contribution in [3.8, 4) is 0 Å². The third kappa shape index (κ3) is 4.62. The van der Waals surface area contributed by atoms with Crippen LogP contribution in [0.25, 0.3) is 0 Å². The van der Waals surface area contributed by atoms with Crippen molar-refractivity contribution in [2.24, 2.45) is 0 Å². The molecule has 3 rings (SSSR count). The molecular formula is C20H23ClN2O3S. The fraction of sp³-hybridized carbons (Fsp3) is 0.350. The van der Waals surface area contributed by atoms with E-state index in [1.165, 1.54) is 28.6 Å². The number of piperidine rings is 1. The second-order valence-electron chi connectivity index (χ2n) is 6.75. The van der Waals surface area contributed by atoms with Gasteiger partial charge in [-0.15, -0.1) is 0 Å². The number of nitrogens with zero attached hydrogens (tertiary/aromatic N) is 2. The summed E-state index contributed by atoms with van der Waals surface area (Å²) in [5, 5.41) is 0.459. The van der Waals surface area contributed by atoms with Crippen molar-refractivity contribution in [2.75, 3.05) is 23.9 Å². The molecule has 1 amide bonds. The summed E-state index contributed by atoms with van der Waals surface area (Å²) in [5.41, 5.74) is 1.41. The highest BCUT2D eigenvalue weighted by molar-refractivity contribution is 7.92. The Morgan fingerprint density at radius 2 is 1.74 bits per heavy atom. The molecule has 0 unspecified atom stereocenters. The quantitative estimate of drug-likeness (QED) is 0.757. The van der Waals surface area contributed by atoms with Gasteiger partial charge in [-0.05, 0) is 68.1 Å². The Kier molecular flexibility index (Phi) is 6.07. The first kappa shape index (κ1) is 19.7. The van der Waals surface area contributed by atoms with Crippen LogP contribution >= 0.6 is 11.6 Å². The Hall–Kier alpha value is -2.05. The lowest BCUT2D eigenvalue weighted by Gasteiger charge is -2.30. The van der Waals surface area contributed by atoms with Crippen LogP contribution in [-0.4, -0.2) is 38.9 Å². The number of aryl methyl sites for hydroxylation is 1. The summed E-state index contributed by atoms with van der Waals surface area (Å²) >= 11 is 5.90. The van der Waals surface area contributed by atoms with Crippen molar-refractivity contribution in [1.82, 2.24) is 4.90 Å². The average molecular weight is 407 g/mol. The maximum Gasteiger partial charge on any atom is 0.264 e. The fourth-order valence-electron chi connectivity index (χ4n) is 3.20. The Balaban J connectivity index is 1.96. The van der Waals surface area contributed by atoms with Crippen molar-refractivity contribution >= 4 is 33.2 Å². The zero-order chi connectivity index (χ0) is 19.4. The number of hydrogen-bond acceptors (Lipinski definition) is 3. The summed E-state index contributed by atoms with van der Waals surface area (Å²) < 4.78 is 27.8. The van der Waals surface area contributed by atoms with Crippen LogP contribution in [0, 0.1) is 6.92 Å². The number of halogens is 1. The molecule has 144 valence electrons. The first-order valence-electron chi connectivity index (χ1n) is 9.01. The molecule has 27 heavy (non-hydrogen) atoms. The zero-order valence-electron chi connectivity index (χ0n) is 15.3. The SMILES string of the molecule is Cc1cccc(N(CC(=O)N2CCCCC2)S(=O)(=O)c2ccc(Cl)cc2)c1. The topological polar surface area (TPSA) is 57.7 Å². The van der Waals surface area contributed by atoms with Crippen molar-refractivity contribution < 1.29 is 13.2 Å². The maximum absolute atomic E-state index is 13.3. The second-order valence-corrected chi connectivity index (χ2v) is 9.04. The molecule has 1 saturated heterocycles. The van der Waals surface area contributed by atoms with E-state index < -0.39 is 10.0 Å². The van der Waals surface area contributed by atoms with Crippen LogP contribution in [-0.2, 0) is 14.8 Å². The molecule has 0 spiro atoms. The predicted octanol–water partition coefficient (Wildman–Crippen LogP) is 3.86. The van der Waals surface area contributed by atoms with Gasteiger partial charge in [0.2, 0.25) is 5.91 Å². The van der Waals surface area contributed by atoms with Gasteiger partial charge in [0.15, 0.2) is 0 Å². The molecule has 2 aromatic carbocycles. The van der Waals surface area contributed by atoms with Gasteiger partial charge in [0.25, 0.3) is 10.0 Å². The van der Waals surface area contributed by atoms with Crippen LogP contribution in [0.5, 0.6) is 0 Å². The van der Waals surface area contributed by atoms with Gasteiger partial charge in [-0.25, -0.2) is 8.42 Å². The molecule has 5 nitrogen and oxygen atoms in total. The number of anilines is 1. The first-order valence-corrected chi connectivity index (χ1v) is 10.8. The molecule has 1 aliphatic rings. The highest BCUT2D eigenvalue weighted by Crippen LogP contribution is 2.26. The molecule has 0 bridgehead atoms. The third-order valence-electron chi connectivity index (χ3n) is 4.68. The minimum atomic E-state index is -3.89. The van der Waals surface area contributed by atoms with Gasteiger partial charge >= 0.3 is 0 Å². The summed E-state index contributed by atoms with van der Waals surface area (Å²) in [7, 11) is -3.89. The maximum atomic E-state index is 13.3. The lowest BCUT2D eigenvalue weighted by Crippen LogP contribution is -2.44. The molecular weight excluding hydrogens is 384 g/mol. The molecule has 1 heterocycles. The van der Waals surface area contributed by atoms with E-state index in [9.17, 15) is 13.2 Å². The molecule has 0 aromatic heterocycles. The van der Waals surface area contributed by atoms with Crippen LogP contribution in [0.3, 0.4) is 0 Å². The average Bonchev–Trinajstić information content (AvgIpc) is 2.67. The van der Waals surface area contributed by atoms with E-state index in [1.807, 2.05) is 13.0 Å². The van der Waals surface area contributed by atoms with Crippen LogP contribution < -0.4 is 4.31 Å². The number of carbonyl (C=O) groups excluding carboxylic acids is 1. The molecule has 7 heteroatoms. The van der Waals surface area contributed by atoms with Gasteiger partial charge in [-0.3, -0.25) is 9.10 Å². The van der Waals surface area contributed by atoms with Gasteiger partial charge in [0.05, 0.1) is 10.6 Å². The minimum Gasteiger partial charge on any atom is -0.341 e. The van der Waals surface area contributed by atoms with Crippen LogP contribution in [0.4, 0.5) is 5.69 Å². The summed E-state index contributed by atoms with van der Waals surface area (Å²) in [5.74, 6) is -0.172. The predicted molar refractivity (Wildman–Crippen MR) is 108 cm³/mol. The monoisotopic (exact) mass is 406 g/mol. The lowest BCUT2D eigenvalue weighted by molar-refractivity contribution is -0.130. The highest BCUT2D eigenvalue weighted by Gasteiger charge is 2.29. The van der Waals surface area contributed by atoms with Crippen LogP contribution in [0.15, 0.2) is 53.4 Å². The summed E-state index contributed by atoms with van der Waals surface area (Å²) in [4.78, 5) is 14.7. The minimum absolute atomic E-state index is 0.111. The van der Waals surface area contributed by atoms with Gasteiger partial charge in [-0.2, -0.15) is 0 Å². The molecule has 0 saturated carbocycles. The van der Waals surface area contributed by atoms with Crippen molar-refractivity contribution in [1.29, 1.82) is 0 Å². The van der Waals surface area contributed by atoms with E-state index in [1.54, 1.807) is 23.1 Å². The number of sulfonamides is 1. The number of rotatable bonds is 5. The summed E-state index contributed by atoms with van der Waals surface area (Å²) in [6.07, 6.45) is 3.02. The Morgan fingerprint density at radius 1 is 1.07 bits per heavy atom. The van der Waals surface area contributed by atoms with Crippen molar-refractivity contribution in [3.05, 3.63) is 59.1 Å². The zero-order valence-corrected chi connectivity index (χ0v) is 16.8. The molecule has 1 fully saturated rings. The molecule has 2 aromatic rings. The Labute approximate surface area is 165 Å². The number of likely N-dealkylation sites (tertiary alicyclic amines) is 1. The first-order chi connectivity index (χ1) is 12.9. The van der Waals surface area contributed by atoms with Crippen molar-refractivity contribution in [2.45, 2.75) is 31.1 Å². The molecule has 1 aliphatic heterocycles. The van der Waals surface area contributed by atoms with E-state index in [-0.39, 0.29) is 17.3 Å². The molecule has 0 N–H and O–H groups in total. The van der Waals surface area contributed by atoms with E-state index in [0.717, 1.165) is 24.8 Å². The van der Waals surface area contributed by atoms with Gasteiger partial charge < -0.3 is 4.90 Å². The Morgan fingerprint density at radius 3 is 2.37 bits per heavy atom. The van der Waals surface area contributed by atoms with Crippen molar-refractivity contribution in [3.63, 3.8) is 0 Å². The smallest absolute Gasteiger partial charge is 0.264 e. The number of benzene rings is 2. The van der Waals surface area contributed by atoms with E-state index in [4.69, 9.17) is 11.6 Å². The normalized spacial score (nSPS) is 14.8. The van der Waals surface area contributed by atoms with Crippen LogP contribution in [0.2, 0.25) is 5.02 Å². The van der Waals surface area contributed by atoms with E-state index in [2.05, 4.69) is 0 Å². The molecule has 0 atom stereocenters. The van der Waals surface area contributed by atoms with Crippen LogP contribution in [0.1, 0.15) is 24.8 Å².